The first kappa shape index (κ1) is 18.9. The fourth-order valence-corrected chi connectivity index (χ4v) is 4.05. The van der Waals surface area contributed by atoms with E-state index in [1.54, 1.807) is 24.5 Å². The molecule has 2 aromatic rings. The molecule has 0 aliphatic carbocycles. The van der Waals surface area contributed by atoms with Crippen LogP contribution in [0.2, 0.25) is 0 Å². The number of hydrazone groups is 1. The number of nitro groups is 1. The summed E-state index contributed by atoms with van der Waals surface area (Å²) < 4.78 is 32.3. The smallest absolute Gasteiger partial charge is 0.270 e. The standard InChI is InChI=1S/C16H17N5O5S/c22-21(23)14-1-2-15(19-18-12-13-3-5-17-6-4-13)16(11-14)27(24,25)20-7-9-26-10-8-20/h1-6,11-12,19H,7-10H2. The van der Waals surface area contributed by atoms with Gasteiger partial charge in [-0.2, -0.15) is 9.41 Å². The number of morpholine rings is 1. The number of non-ortho nitro benzene ring substituents is 1. The first-order chi connectivity index (χ1) is 13.0. The summed E-state index contributed by atoms with van der Waals surface area (Å²) in [5.74, 6) is 0. The van der Waals surface area contributed by atoms with Crippen LogP contribution < -0.4 is 5.43 Å². The van der Waals surface area contributed by atoms with E-state index < -0.39 is 14.9 Å². The van der Waals surface area contributed by atoms with E-state index in [1.807, 2.05) is 0 Å². The van der Waals surface area contributed by atoms with Crippen LogP contribution in [0.25, 0.3) is 0 Å². The van der Waals surface area contributed by atoms with Gasteiger partial charge in [0.2, 0.25) is 10.0 Å². The predicted octanol–water partition coefficient (Wildman–Crippen LogP) is 1.46. The van der Waals surface area contributed by atoms with Crippen LogP contribution in [0.15, 0.2) is 52.7 Å². The summed E-state index contributed by atoms with van der Waals surface area (Å²) in [6, 6.07) is 7.05. The van der Waals surface area contributed by atoms with Gasteiger partial charge in [-0.25, -0.2) is 8.42 Å². The Morgan fingerprint density at radius 1 is 1.22 bits per heavy atom. The predicted molar refractivity (Wildman–Crippen MR) is 98.1 cm³/mol. The van der Waals surface area contributed by atoms with Gasteiger partial charge in [0, 0.05) is 37.6 Å². The van der Waals surface area contributed by atoms with E-state index in [9.17, 15) is 18.5 Å². The molecule has 1 aliphatic rings. The molecule has 142 valence electrons. The Balaban J connectivity index is 1.93. The van der Waals surface area contributed by atoms with Gasteiger partial charge in [-0.1, -0.05) is 0 Å². The Bertz CT molecular complexity index is 943. The zero-order chi connectivity index (χ0) is 19.3. The van der Waals surface area contributed by atoms with Crippen LogP contribution in [0.3, 0.4) is 0 Å². The van der Waals surface area contributed by atoms with Crippen LogP contribution in [0.1, 0.15) is 5.56 Å². The minimum atomic E-state index is -3.94. The summed E-state index contributed by atoms with van der Waals surface area (Å²) in [6.45, 7) is 0.920. The molecule has 3 rings (SSSR count). The molecule has 1 aromatic heterocycles. The molecule has 2 heterocycles. The van der Waals surface area contributed by atoms with E-state index >= 15 is 0 Å². The highest BCUT2D eigenvalue weighted by atomic mass is 32.2. The van der Waals surface area contributed by atoms with Gasteiger partial charge >= 0.3 is 0 Å². The van der Waals surface area contributed by atoms with Crippen molar-refractivity contribution in [1.29, 1.82) is 0 Å². The summed E-state index contributed by atoms with van der Waals surface area (Å²) in [5, 5.41) is 15.1. The third-order valence-electron chi connectivity index (χ3n) is 3.87. The summed E-state index contributed by atoms with van der Waals surface area (Å²) in [5.41, 5.74) is 3.26. The average Bonchev–Trinajstić information content (AvgIpc) is 2.69. The molecule has 0 radical (unpaired) electrons. The Hall–Kier alpha value is -2.89. The number of nitrogens with one attached hydrogen (secondary N) is 1. The van der Waals surface area contributed by atoms with E-state index in [4.69, 9.17) is 4.74 Å². The van der Waals surface area contributed by atoms with Crippen LogP contribution in [-0.2, 0) is 14.8 Å². The van der Waals surface area contributed by atoms with Crippen molar-refractivity contribution in [1.82, 2.24) is 9.29 Å². The van der Waals surface area contributed by atoms with Gasteiger partial charge in [0.15, 0.2) is 0 Å². The van der Waals surface area contributed by atoms with Gasteiger partial charge in [0.05, 0.1) is 30.0 Å². The van der Waals surface area contributed by atoms with Gasteiger partial charge in [0.25, 0.3) is 5.69 Å². The minimum absolute atomic E-state index is 0.150. The number of nitrogens with zero attached hydrogens (tertiary/aromatic N) is 4. The van der Waals surface area contributed by atoms with Gasteiger partial charge in [-0.05, 0) is 23.8 Å². The maximum Gasteiger partial charge on any atom is 0.270 e. The highest BCUT2D eigenvalue weighted by Gasteiger charge is 2.30. The van der Waals surface area contributed by atoms with Crippen molar-refractivity contribution >= 4 is 27.6 Å². The van der Waals surface area contributed by atoms with Gasteiger partial charge in [-0.15, -0.1) is 0 Å². The maximum atomic E-state index is 13.0. The lowest BCUT2D eigenvalue weighted by Crippen LogP contribution is -2.40. The molecule has 1 N–H and O–H groups in total. The Kier molecular flexibility index (Phi) is 5.74. The van der Waals surface area contributed by atoms with Crippen molar-refractivity contribution in [2.75, 3.05) is 31.7 Å². The van der Waals surface area contributed by atoms with E-state index in [1.165, 1.54) is 22.7 Å². The molecule has 1 fully saturated rings. The molecule has 1 aromatic carbocycles. The van der Waals surface area contributed by atoms with Gasteiger partial charge in [-0.3, -0.25) is 20.5 Å². The molecule has 0 spiro atoms. The van der Waals surface area contributed by atoms with E-state index in [-0.39, 0.29) is 42.6 Å². The van der Waals surface area contributed by atoms with Crippen molar-refractivity contribution < 1.29 is 18.1 Å². The number of sulfonamides is 1. The fraction of sp³-hybridized carbons (Fsp3) is 0.250. The van der Waals surface area contributed by atoms with Crippen LogP contribution in [0.4, 0.5) is 11.4 Å². The van der Waals surface area contributed by atoms with E-state index in [0.717, 1.165) is 11.6 Å². The van der Waals surface area contributed by atoms with Gasteiger partial charge in [0.1, 0.15) is 4.90 Å². The van der Waals surface area contributed by atoms with Crippen LogP contribution >= 0.6 is 0 Å². The monoisotopic (exact) mass is 391 g/mol. The second-order valence-corrected chi connectivity index (χ2v) is 7.51. The molecule has 0 amide bonds. The molecule has 10 nitrogen and oxygen atoms in total. The number of nitro benzene ring substituents is 1. The zero-order valence-corrected chi connectivity index (χ0v) is 15.0. The normalized spacial score (nSPS) is 15.7. The number of aromatic nitrogens is 1. The molecule has 1 aliphatic heterocycles. The van der Waals surface area contributed by atoms with Gasteiger partial charge < -0.3 is 4.74 Å². The third-order valence-corrected chi connectivity index (χ3v) is 5.81. The maximum absolute atomic E-state index is 13.0. The first-order valence-corrected chi connectivity index (χ1v) is 9.48. The second-order valence-electron chi connectivity index (χ2n) is 5.60. The van der Waals surface area contributed by atoms with Crippen molar-refractivity contribution in [3.05, 3.63) is 58.4 Å². The SMILES string of the molecule is O=[N+]([O-])c1ccc(NN=Cc2ccncc2)c(S(=O)(=O)N2CCOCC2)c1. The lowest BCUT2D eigenvalue weighted by Gasteiger charge is -2.26. The molecular formula is C16H17N5O5S. The third kappa shape index (κ3) is 4.45. The number of benzene rings is 1. The number of hydrogen-bond acceptors (Lipinski definition) is 8. The molecule has 0 bridgehead atoms. The molecule has 1 saturated heterocycles. The average molecular weight is 391 g/mol. The van der Waals surface area contributed by atoms with Crippen molar-refractivity contribution in [3.8, 4) is 0 Å². The Morgan fingerprint density at radius 2 is 1.93 bits per heavy atom. The molecule has 27 heavy (non-hydrogen) atoms. The summed E-state index contributed by atoms with van der Waals surface area (Å²) in [6.07, 6.45) is 4.69. The van der Waals surface area contributed by atoms with E-state index in [2.05, 4.69) is 15.5 Å². The Morgan fingerprint density at radius 3 is 2.59 bits per heavy atom. The van der Waals surface area contributed by atoms with Crippen LogP contribution in [-0.4, -0.2) is 55.1 Å². The fourth-order valence-electron chi connectivity index (χ4n) is 2.48. The number of anilines is 1. The summed E-state index contributed by atoms with van der Waals surface area (Å²) in [4.78, 5) is 14.1. The van der Waals surface area contributed by atoms with Crippen LogP contribution in [0, 0.1) is 10.1 Å². The summed E-state index contributed by atoms with van der Waals surface area (Å²) in [7, 11) is -3.94. The Labute approximate surface area is 155 Å². The van der Waals surface area contributed by atoms with Crippen molar-refractivity contribution in [2.45, 2.75) is 4.90 Å². The first-order valence-electron chi connectivity index (χ1n) is 8.04. The quantitative estimate of drug-likeness (QED) is 0.448. The summed E-state index contributed by atoms with van der Waals surface area (Å²) >= 11 is 0. The van der Waals surface area contributed by atoms with Crippen LogP contribution in [0.5, 0.6) is 0 Å². The minimum Gasteiger partial charge on any atom is -0.379 e. The molecule has 0 atom stereocenters. The number of hydrogen-bond donors (Lipinski definition) is 1. The molecule has 0 unspecified atom stereocenters. The number of ether oxygens (including phenoxy) is 1. The lowest BCUT2D eigenvalue weighted by atomic mass is 10.3. The topological polar surface area (TPSA) is 127 Å². The van der Waals surface area contributed by atoms with Crippen molar-refractivity contribution in [3.63, 3.8) is 0 Å². The molecule has 11 heteroatoms. The van der Waals surface area contributed by atoms with Crippen molar-refractivity contribution in [2.24, 2.45) is 5.10 Å². The zero-order valence-electron chi connectivity index (χ0n) is 14.2. The second kappa shape index (κ2) is 8.20. The number of rotatable bonds is 6. The lowest BCUT2D eigenvalue weighted by molar-refractivity contribution is -0.385. The highest BCUT2D eigenvalue weighted by molar-refractivity contribution is 7.89. The largest absolute Gasteiger partial charge is 0.379 e. The number of pyridine rings is 1. The highest BCUT2D eigenvalue weighted by Crippen LogP contribution is 2.29. The molecular weight excluding hydrogens is 374 g/mol. The van der Waals surface area contributed by atoms with E-state index in [0.29, 0.717) is 0 Å². The molecule has 0 saturated carbocycles.